The molecule has 17 heavy (non-hydrogen) atoms. The molecule has 0 radical (unpaired) electrons. The van der Waals surface area contributed by atoms with Gasteiger partial charge in [-0.15, -0.1) is 11.3 Å². The molecule has 1 aromatic carbocycles. The van der Waals surface area contributed by atoms with Crippen LogP contribution in [0.2, 0.25) is 0 Å². The average Bonchev–Trinajstić information content (AvgIpc) is 2.83. The molecular formula is C14H18N2S. The van der Waals surface area contributed by atoms with Gasteiger partial charge in [-0.2, -0.15) is 0 Å². The lowest BCUT2D eigenvalue weighted by molar-refractivity contribution is 0.807. The van der Waals surface area contributed by atoms with Crippen LogP contribution in [0.15, 0.2) is 41.8 Å². The molecule has 2 nitrogen and oxygen atoms in total. The molecule has 90 valence electrons. The number of thiophene rings is 1. The van der Waals surface area contributed by atoms with Gasteiger partial charge in [0.05, 0.1) is 6.54 Å². The van der Waals surface area contributed by atoms with E-state index in [1.54, 1.807) is 0 Å². The second-order valence-corrected chi connectivity index (χ2v) is 5.13. The van der Waals surface area contributed by atoms with Crippen molar-refractivity contribution in [1.29, 1.82) is 0 Å². The van der Waals surface area contributed by atoms with Crippen LogP contribution in [0.3, 0.4) is 0 Å². The second-order valence-electron chi connectivity index (χ2n) is 4.09. The Bertz CT molecular complexity index is 451. The van der Waals surface area contributed by atoms with Crippen LogP contribution >= 0.6 is 11.3 Å². The number of para-hydroxylation sites is 1. The third-order valence-electron chi connectivity index (χ3n) is 2.74. The van der Waals surface area contributed by atoms with E-state index in [4.69, 9.17) is 0 Å². The molecular weight excluding hydrogens is 228 g/mol. The number of nitrogens with one attached hydrogen (secondary N) is 1. The van der Waals surface area contributed by atoms with Crippen molar-refractivity contribution in [2.75, 3.05) is 19.0 Å². The van der Waals surface area contributed by atoms with Crippen molar-refractivity contribution in [3.63, 3.8) is 0 Å². The molecule has 1 aromatic heterocycles. The quantitative estimate of drug-likeness (QED) is 0.872. The first-order chi connectivity index (χ1) is 8.31. The zero-order valence-corrected chi connectivity index (χ0v) is 11.1. The Balaban J connectivity index is 2.15. The molecule has 2 rings (SSSR count). The van der Waals surface area contributed by atoms with E-state index in [0.29, 0.717) is 0 Å². The van der Waals surface area contributed by atoms with Gasteiger partial charge < -0.3 is 10.2 Å². The molecule has 0 unspecified atom stereocenters. The lowest BCUT2D eigenvalue weighted by Crippen LogP contribution is -2.19. The van der Waals surface area contributed by atoms with E-state index in [1.807, 2.05) is 18.4 Å². The van der Waals surface area contributed by atoms with Crippen LogP contribution in [0.1, 0.15) is 10.4 Å². The van der Waals surface area contributed by atoms with Gasteiger partial charge in [0.1, 0.15) is 0 Å². The molecule has 0 saturated carbocycles. The Morgan fingerprint density at radius 3 is 2.71 bits per heavy atom. The first kappa shape index (κ1) is 12.1. The molecule has 3 heteroatoms. The van der Waals surface area contributed by atoms with Gasteiger partial charge in [-0.05, 0) is 30.1 Å². The predicted molar refractivity (Wildman–Crippen MR) is 75.6 cm³/mol. The summed E-state index contributed by atoms with van der Waals surface area (Å²) in [5.74, 6) is 0. The van der Waals surface area contributed by atoms with Gasteiger partial charge in [0.15, 0.2) is 0 Å². The first-order valence-corrected chi connectivity index (χ1v) is 6.65. The van der Waals surface area contributed by atoms with Crippen molar-refractivity contribution in [2.45, 2.75) is 13.1 Å². The van der Waals surface area contributed by atoms with Crippen LogP contribution in [0.25, 0.3) is 0 Å². The van der Waals surface area contributed by atoms with Crippen LogP contribution in [0.5, 0.6) is 0 Å². The lowest BCUT2D eigenvalue weighted by Gasteiger charge is -2.21. The minimum Gasteiger partial charge on any atom is -0.369 e. The van der Waals surface area contributed by atoms with Gasteiger partial charge in [0, 0.05) is 24.2 Å². The summed E-state index contributed by atoms with van der Waals surface area (Å²) < 4.78 is 0. The molecule has 2 aromatic rings. The van der Waals surface area contributed by atoms with Crippen LogP contribution in [-0.4, -0.2) is 14.1 Å². The summed E-state index contributed by atoms with van der Waals surface area (Å²) in [5.41, 5.74) is 2.64. The average molecular weight is 246 g/mol. The third-order valence-corrected chi connectivity index (χ3v) is 3.60. The topological polar surface area (TPSA) is 15.3 Å². The summed E-state index contributed by atoms with van der Waals surface area (Å²) in [6.45, 7) is 1.88. The molecule has 0 bridgehead atoms. The van der Waals surface area contributed by atoms with Crippen molar-refractivity contribution in [1.82, 2.24) is 5.32 Å². The molecule has 0 aliphatic heterocycles. The monoisotopic (exact) mass is 246 g/mol. The number of anilines is 1. The van der Waals surface area contributed by atoms with Gasteiger partial charge in [0.25, 0.3) is 0 Å². The van der Waals surface area contributed by atoms with Crippen molar-refractivity contribution < 1.29 is 0 Å². The van der Waals surface area contributed by atoms with E-state index in [9.17, 15) is 0 Å². The Kier molecular flexibility index (Phi) is 4.18. The summed E-state index contributed by atoms with van der Waals surface area (Å²) in [4.78, 5) is 3.70. The fraction of sp³-hybridized carbons (Fsp3) is 0.286. The summed E-state index contributed by atoms with van der Waals surface area (Å²) in [5, 5.41) is 5.34. The molecule has 1 heterocycles. The summed E-state index contributed by atoms with van der Waals surface area (Å²) in [7, 11) is 4.13. The Morgan fingerprint density at radius 2 is 2.00 bits per heavy atom. The number of benzene rings is 1. The normalized spacial score (nSPS) is 10.5. The zero-order valence-electron chi connectivity index (χ0n) is 10.3. The van der Waals surface area contributed by atoms with E-state index in [-0.39, 0.29) is 0 Å². The van der Waals surface area contributed by atoms with Gasteiger partial charge in [0.2, 0.25) is 0 Å². The van der Waals surface area contributed by atoms with E-state index >= 15 is 0 Å². The predicted octanol–water partition coefficient (Wildman–Crippen LogP) is 3.10. The van der Waals surface area contributed by atoms with Crippen molar-refractivity contribution >= 4 is 17.0 Å². The van der Waals surface area contributed by atoms with Gasteiger partial charge in [-0.1, -0.05) is 24.3 Å². The standard InChI is InChI=1S/C14H18N2S/c1-15-10-12-6-3-4-8-14(12)16(2)11-13-7-5-9-17-13/h3-9,15H,10-11H2,1-2H3. The number of hydrogen-bond donors (Lipinski definition) is 1. The summed E-state index contributed by atoms with van der Waals surface area (Å²) in [6, 6.07) is 12.8. The largest absolute Gasteiger partial charge is 0.369 e. The summed E-state index contributed by atoms with van der Waals surface area (Å²) in [6.07, 6.45) is 0. The van der Waals surface area contributed by atoms with Crippen LogP contribution in [-0.2, 0) is 13.1 Å². The Morgan fingerprint density at radius 1 is 1.18 bits per heavy atom. The molecule has 1 N–H and O–H groups in total. The Labute approximate surface area is 107 Å². The minimum absolute atomic E-state index is 0.908. The van der Waals surface area contributed by atoms with Crippen LogP contribution in [0, 0.1) is 0 Å². The molecule has 0 saturated heterocycles. The van der Waals surface area contributed by atoms with E-state index in [1.165, 1.54) is 16.1 Å². The third kappa shape index (κ3) is 3.08. The minimum atomic E-state index is 0.908. The summed E-state index contributed by atoms with van der Waals surface area (Å²) >= 11 is 1.81. The highest BCUT2D eigenvalue weighted by atomic mass is 32.1. The molecule has 0 aliphatic rings. The molecule has 0 amide bonds. The van der Waals surface area contributed by atoms with Gasteiger partial charge >= 0.3 is 0 Å². The van der Waals surface area contributed by atoms with Crippen molar-refractivity contribution in [3.05, 3.63) is 52.2 Å². The Hall–Kier alpha value is -1.32. The molecule has 0 aliphatic carbocycles. The van der Waals surface area contributed by atoms with Gasteiger partial charge in [-0.25, -0.2) is 0 Å². The first-order valence-electron chi connectivity index (χ1n) is 5.77. The van der Waals surface area contributed by atoms with E-state index < -0.39 is 0 Å². The lowest BCUT2D eigenvalue weighted by atomic mass is 10.1. The fourth-order valence-corrected chi connectivity index (χ4v) is 2.70. The SMILES string of the molecule is CNCc1ccccc1N(C)Cc1cccs1. The highest BCUT2D eigenvalue weighted by molar-refractivity contribution is 7.09. The maximum Gasteiger partial charge on any atom is 0.0519 e. The smallest absolute Gasteiger partial charge is 0.0519 e. The maximum absolute atomic E-state index is 3.21. The number of rotatable bonds is 5. The number of nitrogens with zero attached hydrogens (tertiary/aromatic N) is 1. The molecule has 0 fully saturated rings. The number of hydrogen-bond acceptors (Lipinski definition) is 3. The molecule has 0 atom stereocenters. The second kappa shape index (κ2) is 5.84. The molecule has 0 spiro atoms. The van der Waals surface area contributed by atoms with Crippen LogP contribution < -0.4 is 10.2 Å². The maximum atomic E-state index is 3.21. The van der Waals surface area contributed by atoms with Crippen LogP contribution in [0.4, 0.5) is 5.69 Å². The highest BCUT2D eigenvalue weighted by Gasteiger charge is 2.07. The van der Waals surface area contributed by atoms with Crippen molar-refractivity contribution in [2.24, 2.45) is 0 Å². The van der Waals surface area contributed by atoms with E-state index in [2.05, 4.69) is 59.0 Å². The van der Waals surface area contributed by atoms with Crippen molar-refractivity contribution in [3.8, 4) is 0 Å². The zero-order chi connectivity index (χ0) is 12.1. The highest BCUT2D eigenvalue weighted by Crippen LogP contribution is 2.22. The van der Waals surface area contributed by atoms with Gasteiger partial charge in [-0.3, -0.25) is 0 Å². The van der Waals surface area contributed by atoms with E-state index in [0.717, 1.165) is 13.1 Å². The fourth-order valence-electron chi connectivity index (χ4n) is 1.94.